The summed E-state index contributed by atoms with van der Waals surface area (Å²) in [6, 6.07) is 9.10. The number of sulfone groups is 1. The summed E-state index contributed by atoms with van der Waals surface area (Å²) in [6.45, 7) is 7.71. The Balaban J connectivity index is 2.40. The molecule has 3 nitrogen and oxygen atoms in total. The lowest BCUT2D eigenvalue weighted by Gasteiger charge is -2.25. The quantitative estimate of drug-likeness (QED) is 0.834. The van der Waals surface area contributed by atoms with Gasteiger partial charge in [-0.25, -0.2) is 8.42 Å². The van der Waals surface area contributed by atoms with Gasteiger partial charge in [-0.15, -0.1) is 0 Å². The van der Waals surface area contributed by atoms with Crippen LogP contribution in [0.1, 0.15) is 32.8 Å². The van der Waals surface area contributed by atoms with Gasteiger partial charge >= 0.3 is 0 Å². The van der Waals surface area contributed by atoms with Crippen molar-refractivity contribution < 1.29 is 8.42 Å². The maximum atomic E-state index is 12.6. The molecule has 1 aromatic carbocycles. The molecule has 0 heterocycles. The van der Waals surface area contributed by atoms with Crippen molar-refractivity contribution in [3.8, 4) is 6.07 Å². The summed E-state index contributed by atoms with van der Waals surface area (Å²) in [4.78, 5) is 0.324. The molecule has 0 unspecified atom stereocenters. The van der Waals surface area contributed by atoms with Crippen LogP contribution in [0.5, 0.6) is 0 Å². The van der Waals surface area contributed by atoms with E-state index in [1.807, 2.05) is 27.7 Å². The van der Waals surface area contributed by atoms with Crippen molar-refractivity contribution in [1.29, 1.82) is 5.26 Å². The molecule has 1 saturated carbocycles. The third-order valence-corrected chi connectivity index (χ3v) is 6.41. The first kappa shape index (κ1) is 14.1. The topological polar surface area (TPSA) is 57.9 Å². The Kier molecular flexibility index (Phi) is 3.02. The van der Waals surface area contributed by atoms with Gasteiger partial charge in [-0.3, -0.25) is 0 Å². The predicted molar refractivity (Wildman–Crippen MR) is 74.3 cm³/mol. The molecule has 0 aliphatic heterocycles. The molecule has 2 rings (SSSR count). The van der Waals surface area contributed by atoms with Gasteiger partial charge in [0.25, 0.3) is 0 Å². The highest BCUT2D eigenvalue weighted by molar-refractivity contribution is 7.92. The van der Waals surface area contributed by atoms with Crippen LogP contribution in [0.4, 0.5) is 0 Å². The fraction of sp³-hybridized carbons (Fsp3) is 0.533. The highest BCUT2D eigenvalue weighted by Gasteiger charge is 2.67. The van der Waals surface area contributed by atoms with Crippen LogP contribution in [0.15, 0.2) is 29.2 Å². The monoisotopic (exact) mass is 277 g/mol. The van der Waals surface area contributed by atoms with E-state index >= 15 is 0 Å². The molecule has 2 atom stereocenters. The molecular formula is C15H19NO2S. The van der Waals surface area contributed by atoms with E-state index in [1.54, 1.807) is 24.3 Å². The van der Waals surface area contributed by atoms with Crippen LogP contribution in [0.25, 0.3) is 0 Å². The molecule has 102 valence electrons. The van der Waals surface area contributed by atoms with E-state index in [2.05, 4.69) is 6.07 Å². The van der Waals surface area contributed by atoms with E-state index in [0.29, 0.717) is 11.3 Å². The van der Waals surface area contributed by atoms with Crippen molar-refractivity contribution in [2.75, 3.05) is 0 Å². The Labute approximate surface area is 115 Å². The smallest absolute Gasteiger partial charge is 0.182 e. The zero-order valence-electron chi connectivity index (χ0n) is 11.8. The van der Waals surface area contributed by atoms with Crippen LogP contribution in [-0.2, 0) is 9.84 Å². The Hall–Kier alpha value is -1.34. The average molecular weight is 277 g/mol. The van der Waals surface area contributed by atoms with Gasteiger partial charge in [0.2, 0.25) is 0 Å². The van der Waals surface area contributed by atoms with Crippen molar-refractivity contribution in [2.24, 2.45) is 10.8 Å². The Bertz CT molecular complexity index is 632. The van der Waals surface area contributed by atoms with Crippen molar-refractivity contribution in [2.45, 2.75) is 44.3 Å². The van der Waals surface area contributed by atoms with Gasteiger partial charge in [0.1, 0.15) is 0 Å². The van der Waals surface area contributed by atoms with Gasteiger partial charge in [0, 0.05) is 0 Å². The summed E-state index contributed by atoms with van der Waals surface area (Å²) >= 11 is 0. The number of hydrogen-bond donors (Lipinski definition) is 0. The standard InChI is InChI=1S/C15H19NO2S/c1-11-5-7-12(8-6-11)19(17,18)13-9-15(13,10-16)14(2,3)4/h5-8,13H,9H2,1-4H3/t13-,15+/m0/s1. The molecule has 0 saturated heterocycles. The number of benzene rings is 1. The Morgan fingerprint density at radius 1 is 1.26 bits per heavy atom. The lowest BCUT2D eigenvalue weighted by atomic mass is 9.79. The van der Waals surface area contributed by atoms with E-state index in [4.69, 9.17) is 0 Å². The summed E-state index contributed by atoms with van der Waals surface area (Å²) in [7, 11) is -3.41. The summed E-state index contributed by atoms with van der Waals surface area (Å²) in [6.07, 6.45) is 0.434. The third kappa shape index (κ3) is 2.06. The zero-order chi connectivity index (χ0) is 14.5. The molecule has 1 aromatic rings. The van der Waals surface area contributed by atoms with Gasteiger partial charge in [0.05, 0.1) is 21.6 Å². The van der Waals surface area contributed by atoms with E-state index in [9.17, 15) is 13.7 Å². The van der Waals surface area contributed by atoms with Crippen molar-refractivity contribution >= 4 is 9.84 Å². The molecule has 1 fully saturated rings. The third-order valence-electron chi connectivity index (χ3n) is 4.16. The second kappa shape index (κ2) is 4.08. The molecule has 4 heteroatoms. The number of rotatable bonds is 2. The van der Waals surface area contributed by atoms with Crippen molar-refractivity contribution in [3.05, 3.63) is 29.8 Å². The van der Waals surface area contributed by atoms with Gasteiger partial charge in [-0.2, -0.15) is 5.26 Å². The minimum Gasteiger partial charge on any atom is -0.223 e. The van der Waals surface area contributed by atoms with Crippen LogP contribution in [0.3, 0.4) is 0 Å². The largest absolute Gasteiger partial charge is 0.223 e. The van der Waals surface area contributed by atoms with E-state index in [-0.39, 0.29) is 5.41 Å². The molecule has 0 amide bonds. The number of nitriles is 1. The summed E-state index contributed by atoms with van der Waals surface area (Å²) in [5.74, 6) is 0. The number of hydrogen-bond acceptors (Lipinski definition) is 3. The first-order chi connectivity index (χ1) is 8.65. The highest BCUT2D eigenvalue weighted by Crippen LogP contribution is 2.62. The molecule has 0 N–H and O–H groups in total. The minimum absolute atomic E-state index is 0.324. The van der Waals surface area contributed by atoms with Gasteiger partial charge in [-0.05, 0) is 30.9 Å². The zero-order valence-corrected chi connectivity index (χ0v) is 12.6. The van der Waals surface area contributed by atoms with Crippen LogP contribution >= 0.6 is 0 Å². The molecule has 0 aromatic heterocycles. The maximum Gasteiger partial charge on any atom is 0.182 e. The lowest BCUT2D eigenvalue weighted by molar-refractivity contribution is 0.279. The normalized spacial score (nSPS) is 26.8. The molecular weight excluding hydrogens is 258 g/mol. The summed E-state index contributed by atoms with van der Waals surface area (Å²) < 4.78 is 25.2. The fourth-order valence-electron chi connectivity index (χ4n) is 2.57. The Morgan fingerprint density at radius 3 is 2.16 bits per heavy atom. The first-order valence-electron chi connectivity index (χ1n) is 6.37. The van der Waals surface area contributed by atoms with E-state index in [1.165, 1.54) is 0 Å². The number of aryl methyl sites for hydroxylation is 1. The fourth-order valence-corrected chi connectivity index (χ4v) is 4.84. The maximum absolute atomic E-state index is 12.6. The van der Waals surface area contributed by atoms with Crippen molar-refractivity contribution in [1.82, 2.24) is 0 Å². The van der Waals surface area contributed by atoms with Crippen LogP contribution < -0.4 is 0 Å². The van der Waals surface area contributed by atoms with E-state index < -0.39 is 20.5 Å². The molecule has 0 radical (unpaired) electrons. The van der Waals surface area contributed by atoms with Gasteiger partial charge in [0.15, 0.2) is 9.84 Å². The first-order valence-corrected chi connectivity index (χ1v) is 7.91. The second-order valence-electron chi connectivity index (χ2n) is 6.38. The summed E-state index contributed by atoms with van der Waals surface area (Å²) in [5, 5.41) is 8.83. The number of nitrogens with zero attached hydrogens (tertiary/aromatic N) is 1. The molecule has 1 aliphatic carbocycles. The average Bonchev–Trinajstić information content (AvgIpc) is 3.05. The SMILES string of the molecule is Cc1ccc(S(=O)(=O)[C@H]2C[C@]2(C#N)C(C)(C)C)cc1. The molecule has 0 spiro atoms. The Morgan fingerprint density at radius 2 is 1.79 bits per heavy atom. The summed E-state index contributed by atoms with van der Waals surface area (Å²) in [5.41, 5.74) is -0.0573. The molecule has 19 heavy (non-hydrogen) atoms. The van der Waals surface area contributed by atoms with Gasteiger partial charge in [-0.1, -0.05) is 38.5 Å². The molecule has 1 aliphatic rings. The van der Waals surface area contributed by atoms with Crippen LogP contribution in [-0.4, -0.2) is 13.7 Å². The van der Waals surface area contributed by atoms with Crippen LogP contribution in [0, 0.1) is 29.1 Å². The van der Waals surface area contributed by atoms with Gasteiger partial charge < -0.3 is 0 Å². The van der Waals surface area contributed by atoms with Crippen LogP contribution in [0.2, 0.25) is 0 Å². The minimum atomic E-state index is -3.41. The molecule has 0 bridgehead atoms. The predicted octanol–water partition coefficient (Wildman–Crippen LogP) is 3.10. The lowest BCUT2D eigenvalue weighted by Crippen LogP contribution is -2.27. The second-order valence-corrected chi connectivity index (χ2v) is 8.51. The highest BCUT2D eigenvalue weighted by atomic mass is 32.2. The van der Waals surface area contributed by atoms with Crippen molar-refractivity contribution in [3.63, 3.8) is 0 Å². The van der Waals surface area contributed by atoms with E-state index in [0.717, 1.165) is 5.56 Å².